The van der Waals surface area contributed by atoms with Crippen molar-refractivity contribution in [1.29, 1.82) is 0 Å². The second kappa shape index (κ2) is 8.98. The topological polar surface area (TPSA) is 35.0 Å². The summed E-state index contributed by atoms with van der Waals surface area (Å²) in [6.07, 6.45) is -2.01. The Bertz CT molecular complexity index is 873. The Balaban J connectivity index is 0.00000126. The van der Waals surface area contributed by atoms with Crippen LogP contribution in [0, 0.1) is 0 Å². The summed E-state index contributed by atoms with van der Waals surface area (Å²) in [6, 6.07) is 14.8. The van der Waals surface area contributed by atoms with Crippen LogP contribution in [-0.4, -0.2) is 9.97 Å². The molecule has 0 fully saturated rings. The van der Waals surface area contributed by atoms with E-state index in [-0.39, 0.29) is 5.88 Å². The van der Waals surface area contributed by atoms with Gasteiger partial charge >= 0.3 is 6.18 Å². The monoisotopic (exact) mass is 372 g/mol. The van der Waals surface area contributed by atoms with E-state index in [1.165, 1.54) is 6.07 Å². The molecule has 0 bridgehead atoms. The molecule has 140 valence electrons. The molecule has 0 radical (unpaired) electrons. The van der Waals surface area contributed by atoms with Gasteiger partial charge in [-0.15, -0.1) is 0 Å². The smallest absolute Gasteiger partial charge is 0.417 e. The van der Waals surface area contributed by atoms with Gasteiger partial charge < -0.3 is 4.74 Å². The average molecular weight is 372 g/mol. The minimum Gasteiger partial charge on any atom is -0.439 e. The highest BCUT2D eigenvalue weighted by Crippen LogP contribution is 2.30. The van der Waals surface area contributed by atoms with E-state index < -0.39 is 11.7 Å². The molecule has 0 unspecified atom stereocenters. The average Bonchev–Trinajstić information content (AvgIpc) is 2.70. The van der Waals surface area contributed by atoms with E-state index in [2.05, 4.69) is 16.5 Å². The molecule has 1 aromatic carbocycles. The lowest BCUT2D eigenvalue weighted by molar-refractivity contribution is -0.137. The highest BCUT2D eigenvalue weighted by atomic mass is 19.4. The van der Waals surface area contributed by atoms with Crippen LogP contribution in [0.2, 0.25) is 0 Å². The summed E-state index contributed by atoms with van der Waals surface area (Å²) < 4.78 is 43.0. The first-order chi connectivity index (χ1) is 13.0. The van der Waals surface area contributed by atoms with E-state index in [1.54, 1.807) is 18.2 Å². The Morgan fingerprint density at radius 3 is 2.22 bits per heavy atom. The second-order valence-electron chi connectivity index (χ2n) is 5.16. The van der Waals surface area contributed by atoms with Crippen molar-refractivity contribution in [3.8, 4) is 22.9 Å². The highest BCUT2D eigenvalue weighted by molar-refractivity contribution is 5.61. The quantitative estimate of drug-likeness (QED) is 0.516. The van der Waals surface area contributed by atoms with Gasteiger partial charge in [-0.1, -0.05) is 26.5 Å². The molecule has 3 aromatic rings. The molecular formula is C21H19F3N2O. The maximum absolute atomic E-state index is 12.5. The Hall–Kier alpha value is -3.15. The third-order valence-electron chi connectivity index (χ3n) is 3.42. The summed E-state index contributed by atoms with van der Waals surface area (Å²) in [7, 11) is 0. The van der Waals surface area contributed by atoms with Crippen molar-refractivity contribution in [1.82, 2.24) is 9.97 Å². The van der Waals surface area contributed by atoms with Crippen molar-refractivity contribution in [2.45, 2.75) is 20.0 Å². The zero-order valence-corrected chi connectivity index (χ0v) is 15.0. The first-order valence-corrected chi connectivity index (χ1v) is 8.37. The summed E-state index contributed by atoms with van der Waals surface area (Å²) in [4.78, 5) is 8.11. The predicted molar refractivity (Wildman–Crippen MR) is 100 cm³/mol. The molecule has 27 heavy (non-hydrogen) atoms. The van der Waals surface area contributed by atoms with E-state index >= 15 is 0 Å². The largest absolute Gasteiger partial charge is 0.439 e. The van der Waals surface area contributed by atoms with Crippen LogP contribution in [0.15, 0.2) is 67.4 Å². The number of hydrogen-bond donors (Lipinski definition) is 0. The van der Waals surface area contributed by atoms with Gasteiger partial charge in [0.25, 0.3) is 0 Å². The molecule has 0 atom stereocenters. The predicted octanol–water partition coefficient (Wildman–Crippen LogP) is 6.62. The van der Waals surface area contributed by atoms with Crippen LogP contribution in [0.1, 0.15) is 25.1 Å². The molecule has 0 aliphatic carbocycles. The standard InChI is InChI=1S/C19H13F3N2O.C2H6/c1-2-15-4-3-5-17(24-15)13-6-9-16(10-7-13)25-18-11-8-14(12-23-18)19(20,21)22;1-2/h2-12H,1H2;1-2H3. The third-order valence-corrected chi connectivity index (χ3v) is 3.42. The molecule has 2 aromatic heterocycles. The fraction of sp³-hybridized carbons (Fsp3) is 0.143. The number of aromatic nitrogens is 2. The molecule has 0 saturated heterocycles. The molecule has 0 aliphatic heterocycles. The molecule has 0 N–H and O–H groups in total. The Morgan fingerprint density at radius 2 is 1.67 bits per heavy atom. The van der Waals surface area contributed by atoms with Gasteiger partial charge in [0.15, 0.2) is 0 Å². The van der Waals surface area contributed by atoms with Gasteiger partial charge in [0.1, 0.15) is 5.75 Å². The van der Waals surface area contributed by atoms with Gasteiger partial charge in [-0.2, -0.15) is 13.2 Å². The maximum atomic E-state index is 12.5. The highest BCUT2D eigenvalue weighted by Gasteiger charge is 2.30. The summed E-state index contributed by atoms with van der Waals surface area (Å²) in [5.74, 6) is 0.559. The van der Waals surface area contributed by atoms with E-state index in [0.29, 0.717) is 5.75 Å². The molecule has 3 rings (SSSR count). The van der Waals surface area contributed by atoms with Gasteiger partial charge in [-0.05, 0) is 48.5 Å². The van der Waals surface area contributed by atoms with Crippen LogP contribution < -0.4 is 4.74 Å². The lowest BCUT2D eigenvalue weighted by Gasteiger charge is -2.08. The van der Waals surface area contributed by atoms with Crippen molar-refractivity contribution >= 4 is 6.08 Å². The van der Waals surface area contributed by atoms with Crippen molar-refractivity contribution in [3.63, 3.8) is 0 Å². The zero-order valence-electron chi connectivity index (χ0n) is 15.0. The van der Waals surface area contributed by atoms with Crippen molar-refractivity contribution < 1.29 is 17.9 Å². The minimum absolute atomic E-state index is 0.0903. The molecule has 3 nitrogen and oxygen atoms in total. The fourth-order valence-electron chi connectivity index (χ4n) is 2.15. The van der Waals surface area contributed by atoms with Crippen molar-refractivity contribution in [2.24, 2.45) is 0 Å². The Morgan fingerprint density at radius 1 is 0.963 bits per heavy atom. The number of hydrogen-bond acceptors (Lipinski definition) is 3. The van der Waals surface area contributed by atoms with Crippen LogP contribution in [0.25, 0.3) is 17.3 Å². The molecular weight excluding hydrogens is 353 g/mol. The zero-order chi connectivity index (χ0) is 19.9. The van der Waals surface area contributed by atoms with Crippen LogP contribution in [0.5, 0.6) is 11.6 Å². The second-order valence-corrected chi connectivity index (χ2v) is 5.16. The number of pyridine rings is 2. The molecule has 2 heterocycles. The first kappa shape index (κ1) is 20.2. The molecule has 0 spiro atoms. The Kier molecular flexibility index (Phi) is 6.71. The number of rotatable bonds is 4. The van der Waals surface area contributed by atoms with Crippen molar-refractivity contribution in [3.05, 3.63) is 78.6 Å². The van der Waals surface area contributed by atoms with Gasteiger partial charge in [-0.25, -0.2) is 9.97 Å². The summed E-state index contributed by atoms with van der Waals surface area (Å²) in [6.45, 7) is 7.69. The lowest BCUT2D eigenvalue weighted by Crippen LogP contribution is -2.05. The fourth-order valence-corrected chi connectivity index (χ4v) is 2.15. The Labute approximate surface area is 156 Å². The van der Waals surface area contributed by atoms with Gasteiger partial charge in [0.05, 0.1) is 17.0 Å². The first-order valence-electron chi connectivity index (χ1n) is 8.37. The number of benzene rings is 1. The molecule has 0 aliphatic rings. The van der Waals surface area contributed by atoms with Gasteiger partial charge in [-0.3, -0.25) is 0 Å². The number of alkyl halides is 3. The number of ether oxygens (including phenoxy) is 1. The minimum atomic E-state index is -4.42. The summed E-state index contributed by atoms with van der Waals surface area (Å²) in [5.41, 5.74) is 1.63. The van der Waals surface area contributed by atoms with Crippen LogP contribution in [-0.2, 0) is 6.18 Å². The van der Waals surface area contributed by atoms with E-state index in [0.717, 1.165) is 29.2 Å². The number of nitrogens with zero attached hydrogens (tertiary/aromatic N) is 2. The summed E-state index contributed by atoms with van der Waals surface area (Å²) >= 11 is 0. The van der Waals surface area contributed by atoms with E-state index in [9.17, 15) is 13.2 Å². The lowest BCUT2D eigenvalue weighted by atomic mass is 10.1. The van der Waals surface area contributed by atoms with E-state index in [4.69, 9.17) is 4.74 Å². The molecule has 6 heteroatoms. The van der Waals surface area contributed by atoms with Gasteiger partial charge in [0, 0.05) is 17.8 Å². The molecule has 0 saturated carbocycles. The maximum Gasteiger partial charge on any atom is 0.417 e. The normalized spacial score (nSPS) is 10.6. The van der Waals surface area contributed by atoms with Crippen LogP contribution in [0.3, 0.4) is 0 Å². The van der Waals surface area contributed by atoms with Crippen LogP contribution in [0.4, 0.5) is 13.2 Å². The summed E-state index contributed by atoms with van der Waals surface area (Å²) in [5, 5.41) is 0. The van der Waals surface area contributed by atoms with Crippen LogP contribution >= 0.6 is 0 Å². The SMILES string of the molecule is C=Cc1cccc(-c2ccc(Oc3ccc(C(F)(F)F)cn3)cc2)n1.CC. The van der Waals surface area contributed by atoms with E-state index in [1.807, 2.05) is 44.2 Å². The van der Waals surface area contributed by atoms with Crippen molar-refractivity contribution in [2.75, 3.05) is 0 Å². The molecule has 0 amide bonds. The number of halogens is 3. The third kappa shape index (κ3) is 5.41. The van der Waals surface area contributed by atoms with Gasteiger partial charge in [0.2, 0.25) is 5.88 Å².